The van der Waals surface area contributed by atoms with Crippen molar-refractivity contribution >= 4 is 11.5 Å². The van der Waals surface area contributed by atoms with Gasteiger partial charge in [-0.25, -0.2) is 8.78 Å². The summed E-state index contributed by atoms with van der Waals surface area (Å²) < 4.78 is 27.6. The molecule has 1 fully saturated rings. The number of benzene rings is 2. The number of ketones is 1. The smallest absolute Gasteiger partial charge is 0.167 e. The maximum Gasteiger partial charge on any atom is 0.167 e. The molecular formula is C24H30F2N2O2. The monoisotopic (exact) mass is 416 g/mol. The molecule has 0 saturated carbocycles. The van der Waals surface area contributed by atoms with Crippen LogP contribution in [0.15, 0.2) is 36.4 Å². The van der Waals surface area contributed by atoms with E-state index in [4.69, 9.17) is 0 Å². The Kier molecular flexibility index (Phi) is 6.76. The van der Waals surface area contributed by atoms with Crippen LogP contribution in [0.1, 0.15) is 49.5 Å². The summed E-state index contributed by atoms with van der Waals surface area (Å²) >= 11 is 0. The van der Waals surface area contributed by atoms with E-state index in [0.29, 0.717) is 19.5 Å². The first-order chi connectivity index (χ1) is 14.1. The molecule has 0 radical (unpaired) electrons. The van der Waals surface area contributed by atoms with E-state index >= 15 is 0 Å². The van der Waals surface area contributed by atoms with E-state index in [9.17, 15) is 18.7 Å². The van der Waals surface area contributed by atoms with Gasteiger partial charge in [0, 0.05) is 50.3 Å². The van der Waals surface area contributed by atoms with E-state index in [2.05, 4.69) is 25.7 Å². The van der Waals surface area contributed by atoms with E-state index in [1.165, 1.54) is 5.56 Å². The predicted octanol–water partition coefficient (Wildman–Crippen LogP) is 4.75. The molecule has 4 nitrogen and oxygen atoms in total. The van der Waals surface area contributed by atoms with E-state index in [0.717, 1.165) is 43.8 Å². The minimum Gasteiger partial charge on any atom is -0.505 e. The lowest BCUT2D eigenvalue weighted by atomic mass is 9.86. The lowest BCUT2D eigenvalue weighted by Gasteiger charge is -2.36. The minimum atomic E-state index is -0.817. The van der Waals surface area contributed by atoms with Crippen molar-refractivity contribution in [2.75, 3.05) is 37.6 Å². The second-order valence-electron chi connectivity index (χ2n) is 8.94. The number of hydrogen-bond donors (Lipinski definition) is 1. The summed E-state index contributed by atoms with van der Waals surface area (Å²) in [7, 11) is 0. The highest BCUT2D eigenvalue weighted by Crippen LogP contribution is 2.27. The van der Waals surface area contributed by atoms with Gasteiger partial charge in [-0.1, -0.05) is 45.0 Å². The van der Waals surface area contributed by atoms with Gasteiger partial charge in [0.1, 0.15) is 5.82 Å². The Morgan fingerprint density at radius 1 is 1.00 bits per heavy atom. The van der Waals surface area contributed by atoms with Gasteiger partial charge in [-0.05, 0) is 23.9 Å². The van der Waals surface area contributed by atoms with Gasteiger partial charge in [0.05, 0.1) is 5.69 Å². The first-order valence-electron chi connectivity index (χ1n) is 10.4. The number of rotatable bonds is 6. The van der Waals surface area contributed by atoms with Crippen LogP contribution in [0.5, 0.6) is 5.75 Å². The zero-order valence-corrected chi connectivity index (χ0v) is 17.9. The largest absolute Gasteiger partial charge is 0.505 e. The molecule has 0 bridgehead atoms. The number of anilines is 1. The Labute approximate surface area is 177 Å². The normalized spacial score (nSPS) is 15.4. The fourth-order valence-corrected chi connectivity index (χ4v) is 3.74. The quantitative estimate of drug-likeness (QED) is 0.690. The van der Waals surface area contributed by atoms with Crippen LogP contribution in [-0.2, 0) is 5.41 Å². The van der Waals surface area contributed by atoms with E-state index in [1.54, 1.807) is 4.90 Å². The number of nitrogens with zero attached hydrogens (tertiary/aromatic N) is 2. The Balaban J connectivity index is 1.45. The second kappa shape index (κ2) is 9.13. The zero-order valence-electron chi connectivity index (χ0n) is 17.9. The third-order valence-corrected chi connectivity index (χ3v) is 5.68. The molecule has 0 amide bonds. The standard InChI is InChI=1S/C24H30F2N2O2/c1-24(2,3)18-8-6-17(7-9-18)22(29)5-4-10-27-11-13-28(14-12-27)21-15-20(26)23(30)16-19(21)25/h6-9,15-16,30H,4-5,10-14H2,1-3H3. The molecule has 0 aromatic heterocycles. The van der Waals surface area contributed by atoms with Crippen molar-refractivity contribution in [3.8, 4) is 5.75 Å². The lowest BCUT2D eigenvalue weighted by Crippen LogP contribution is -2.47. The van der Waals surface area contributed by atoms with Crippen molar-refractivity contribution in [1.82, 2.24) is 4.90 Å². The molecule has 162 valence electrons. The number of piperazine rings is 1. The van der Waals surface area contributed by atoms with Crippen molar-refractivity contribution in [2.24, 2.45) is 0 Å². The molecule has 0 spiro atoms. The molecule has 30 heavy (non-hydrogen) atoms. The van der Waals surface area contributed by atoms with Gasteiger partial charge in [0.25, 0.3) is 0 Å². The topological polar surface area (TPSA) is 43.8 Å². The second-order valence-corrected chi connectivity index (χ2v) is 8.94. The van der Waals surface area contributed by atoms with Crippen molar-refractivity contribution in [2.45, 2.75) is 39.0 Å². The van der Waals surface area contributed by atoms with Gasteiger partial charge in [0.2, 0.25) is 0 Å². The molecule has 2 aromatic carbocycles. The molecule has 1 heterocycles. The van der Waals surface area contributed by atoms with Crippen molar-refractivity contribution in [3.63, 3.8) is 0 Å². The number of carbonyl (C=O) groups is 1. The number of hydrogen-bond acceptors (Lipinski definition) is 4. The van der Waals surface area contributed by atoms with Crippen LogP contribution < -0.4 is 4.90 Å². The summed E-state index contributed by atoms with van der Waals surface area (Å²) in [6.07, 6.45) is 1.26. The molecule has 1 aliphatic heterocycles. The maximum absolute atomic E-state index is 14.0. The number of phenolic OH excluding ortho intramolecular Hbond substituents is 1. The molecule has 1 N–H and O–H groups in total. The summed E-state index contributed by atoms with van der Waals surface area (Å²) in [6.45, 7) is 9.83. The lowest BCUT2D eigenvalue weighted by molar-refractivity contribution is 0.0974. The Hall–Kier alpha value is -2.47. The molecule has 1 aliphatic rings. The number of phenols is 1. The fraction of sp³-hybridized carbons (Fsp3) is 0.458. The molecule has 0 aliphatic carbocycles. The maximum atomic E-state index is 14.0. The number of Topliss-reactive ketones (excluding diaryl/α,β-unsaturated/α-hetero) is 1. The van der Waals surface area contributed by atoms with Gasteiger partial charge in [-0.3, -0.25) is 9.69 Å². The highest BCUT2D eigenvalue weighted by atomic mass is 19.1. The number of halogens is 2. The Bertz CT molecular complexity index is 883. The molecular weight excluding hydrogens is 386 g/mol. The summed E-state index contributed by atoms with van der Waals surface area (Å²) in [5, 5.41) is 9.27. The van der Waals surface area contributed by atoms with Crippen molar-refractivity contribution < 1.29 is 18.7 Å². The van der Waals surface area contributed by atoms with Crippen LogP contribution in [0.25, 0.3) is 0 Å². The summed E-state index contributed by atoms with van der Waals surface area (Å²) in [6, 6.07) is 9.73. The molecule has 1 saturated heterocycles. The Morgan fingerprint density at radius 3 is 2.23 bits per heavy atom. The first-order valence-corrected chi connectivity index (χ1v) is 10.4. The van der Waals surface area contributed by atoms with Crippen molar-refractivity contribution in [3.05, 3.63) is 59.2 Å². The van der Waals surface area contributed by atoms with Gasteiger partial charge in [0.15, 0.2) is 17.3 Å². The Morgan fingerprint density at radius 2 is 1.63 bits per heavy atom. The molecule has 2 aromatic rings. The van der Waals surface area contributed by atoms with E-state index in [-0.39, 0.29) is 16.9 Å². The highest BCUT2D eigenvalue weighted by molar-refractivity contribution is 5.96. The predicted molar refractivity (Wildman–Crippen MR) is 115 cm³/mol. The minimum absolute atomic E-state index is 0.0680. The van der Waals surface area contributed by atoms with E-state index in [1.807, 2.05) is 24.3 Å². The van der Waals surface area contributed by atoms with Gasteiger partial charge >= 0.3 is 0 Å². The summed E-state index contributed by atoms with van der Waals surface area (Å²) in [5.74, 6) is -1.96. The SMILES string of the molecule is CC(C)(C)c1ccc(C(=O)CCCN2CCN(c3cc(F)c(O)cc3F)CC2)cc1. The third-order valence-electron chi connectivity index (χ3n) is 5.68. The van der Waals surface area contributed by atoms with Crippen LogP contribution in [0.4, 0.5) is 14.5 Å². The first kappa shape index (κ1) is 22.2. The molecule has 0 atom stereocenters. The van der Waals surface area contributed by atoms with Crippen LogP contribution in [0, 0.1) is 11.6 Å². The summed E-state index contributed by atoms with van der Waals surface area (Å²) in [4.78, 5) is 16.5. The molecule has 3 rings (SSSR count). The molecule has 6 heteroatoms. The summed E-state index contributed by atoms with van der Waals surface area (Å²) in [5.41, 5.74) is 2.21. The fourth-order valence-electron chi connectivity index (χ4n) is 3.74. The average molecular weight is 417 g/mol. The highest BCUT2D eigenvalue weighted by Gasteiger charge is 2.21. The van der Waals surface area contributed by atoms with Gasteiger partial charge in [-0.15, -0.1) is 0 Å². The van der Waals surface area contributed by atoms with Crippen LogP contribution in [0.3, 0.4) is 0 Å². The van der Waals surface area contributed by atoms with Crippen molar-refractivity contribution in [1.29, 1.82) is 0 Å². The number of carbonyl (C=O) groups excluding carboxylic acids is 1. The van der Waals surface area contributed by atoms with Gasteiger partial charge in [-0.2, -0.15) is 0 Å². The van der Waals surface area contributed by atoms with Gasteiger partial charge < -0.3 is 10.0 Å². The average Bonchev–Trinajstić information content (AvgIpc) is 2.71. The number of aromatic hydroxyl groups is 1. The van der Waals surface area contributed by atoms with Crippen LogP contribution >= 0.6 is 0 Å². The third kappa shape index (κ3) is 5.36. The van der Waals surface area contributed by atoms with Crippen LogP contribution in [0.2, 0.25) is 0 Å². The van der Waals surface area contributed by atoms with E-state index < -0.39 is 17.4 Å². The zero-order chi connectivity index (χ0) is 21.9. The molecule has 0 unspecified atom stereocenters. The van der Waals surface area contributed by atoms with Crippen LogP contribution in [-0.4, -0.2) is 48.5 Å².